The third-order valence-electron chi connectivity index (χ3n) is 3.06. The number of para-hydroxylation sites is 2. The minimum atomic E-state index is -2.84. The molecule has 0 saturated heterocycles. The topological polar surface area (TPSA) is 39.1 Å². The number of hydrogen-bond acceptors (Lipinski definition) is 3. The second-order valence-electron chi connectivity index (χ2n) is 5.10. The highest BCUT2D eigenvalue weighted by Crippen LogP contribution is 2.27. The summed E-state index contributed by atoms with van der Waals surface area (Å²) >= 11 is 0. The first-order valence-electron chi connectivity index (χ1n) is 6.77. The highest BCUT2D eigenvalue weighted by Gasteiger charge is 2.13. The lowest BCUT2D eigenvalue weighted by Crippen LogP contribution is -2.07. The van der Waals surface area contributed by atoms with Gasteiger partial charge < -0.3 is 10.1 Å². The van der Waals surface area contributed by atoms with Gasteiger partial charge in [-0.25, -0.2) is 0 Å². The molecule has 0 spiro atoms. The van der Waals surface area contributed by atoms with Gasteiger partial charge in [0.15, 0.2) is 0 Å². The minimum absolute atomic E-state index is 0.141. The van der Waals surface area contributed by atoms with E-state index >= 15 is 0 Å². The molecule has 0 aliphatic carbocycles. The molecule has 0 aliphatic heterocycles. The first kappa shape index (κ1) is 15.3. The molecule has 2 aromatic rings. The fraction of sp³-hybridized carbons (Fsp3) is 0.400. The lowest BCUT2D eigenvalue weighted by molar-refractivity contribution is -0.0493. The molecular weight excluding hydrogens is 276 g/mol. The molecular formula is C15H19F2N3O. The summed E-state index contributed by atoms with van der Waals surface area (Å²) in [4.78, 5) is 0. The van der Waals surface area contributed by atoms with Crippen molar-refractivity contribution in [2.75, 3.05) is 5.32 Å². The van der Waals surface area contributed by atoms with Crippen molar-refractivity contribution in [2.45, 2.75) is 32.9 Å². The Bertz CT molecular complexity index is 596. The lowest BCUT2D eigenvalue weighted by Gasteiger charge is -2.13. The van der Waals surface area contributed by atoms with Gasteiger partial charge in [-0.3, -0.25) is 4.68 Å². The van der Waals surface area contributed by atoms with Gasteiger partial charge in [-0.1, -0.05) is 26.0 Å². The fourth-order valence-electron chi connectivity index (χ4n) is 2.18. The molecule has 0 saturated carbocycles. The van der Waals surface area contributed by atoms with Gasteiger partial charge in [0.1, 0.15) is 5.75 Å². The first-order chi connectivity index (χ1) is 9.97. The Morgan fingerprint density at radius 2 is 2.00 bits per heavy atom. The van der Waals surface area contributed by atoms with Gasteiger partial charge in [0, 0.05) is 25.4 Å². The molecule has 4 nitrogen and oxygen atoms in total. The van der Waals surface area contributed by atoms with Crippen LogP contribution < -0.4 is 10.1 Å². The van der Waals surface area contributed by atoms with Crippen molar-refractivity contribution >= 4 is 5.69 Å². The van der Waals surface area contributed by atoms with E-state index in [-0.39, 0.29) is 5.75 Å². The summed E-state index contributed by atoms with van der Waals surface area (Å²) in [6.07, 6.45) is 1.93. The molecule has 6 heteroatoms. The maximum atomic E-state index is 12.4. The van der Waals surface area contributed by atoms with Crippen molar-refractivity contribution in [2.24, 2.45) is 7.05 Å². The van der Waals surface area contributed by atoms with E-state index in [4.69, 9.17) is 0 Å². The lowest BCUT2D eigenvalue weighted by atomic mass is 10.1. The zero-order valence-corrected chi connectivity index (χ0v) is 12.3. The molecule has 0 atom stereocenters. The van der Waals surface area contributed by atoms with E-state index in [1.165, 1.54) is 6.07 Å². The van der Waals surface area contributed by atoms with Crippen molar-refractivity contribution in [1.82, 2.24) is 9.78 Å². The number of aromatic nitrogens is 2. The maximum absolute atomic E-state index is 12.4. The highest BCUT2D eigenvalue weighted by molar-refractivity contribution is 5.56. The zero-order valence-electron chi connectivity index (χ0n) is 12.3. The molecule has 0 radical (unpaired) electrons. The van der Waals surface area contributed by atoms with Crippen molar-refractivity contribution in [3.63, 3.8) is 0 Å². The second kappa shape index (κ2) is 6.56. The van der Waals surface area contributed by atoms with Crippen molar-refractivity contribution in [1.29, 1.82) is 0 Å². The maximum Gasteiger partial charge on any atom is 0.387 e. The number of aryl methyl sites for hydroxylation is 1. The molecule has 0 fully saturated rings. The summed E-state index contributed by atoms with van der Waals surface area (Å²) in [5.41, 5.74) is 2.58. The summed E-state index contributed by atoms with van der Waals surface area (Å²) in [5, 5.41) is 7.55. The Labute approximate surface area is 122 Å². The van der Waals surface area contributed by atoms with Gasteiger partial charge in [0.2, 0.25) is 0 Å². The largest absolute Gasteiger partial charge is 0.433 e. The van der Waals surface area contributed by atoms with E-state index in [1.807, 2.05) is 13.2 Å². The van der Waals surface area contributed by atoms with E-state index in [1.54, 1.807) is 22.9 Å². The normalized spacial score (nSPS) is 11.2. The molecule has 0 amide bonds. The fourth-order valence-corrected chi connectivity index (χ4v) is 2.18. The molecule has 1 aromatic carbocycles. The zero-order chi connectivity index (χ0) is 15.4. The standard InChI is InChI=1S/C15H19F2N3O/c1-10(2)14-11(9-20(3)19-14)8-18-12-6-4-5-7-13(12)21-15(16)17/h4-7,9-10,15,18H,8H2,1-3H3. The number of anilines is 1. The third kappa shape index (κ3) is 3.93. The van der Waals surface area contributed by atoms with Crippen molar-refractivity contribution < 1.29 is 13.5 Å². The summed E-state index contributed by atoms with van der Waals surface area (Å²) in [5.74, 6) is 0.443. The molecule has 0 unspecified atom stereocenters. The van der Waals surface area contributed by atoms with E-state index < -0.39 is 6.61 Å². The van der Waals surface area contributed by atoms with Crippen LogP contribution in [0.5, 0.6) is 5.75 Å². The van der Waals surface area contributed by atoms with Gasteiger partial charge in [-0.2, -0.15) is 13.9 Å². The summed E-state index contributed by atoms with van der Waals surface area (Å²) in [6, 6.07) is 6.66. The number of ether oxygens (including phenoxy) is 1. The van der Waals surface area contributed by atoms with E-state index in [0.717, 1.165) is 11.3 Å². The van der Waals surface area contributed by atoms with Crippen LogP contribution in [-0.2, 0) is 13.6 Å². The first-order valence-corrected chi connectivity index (χ1v) is 6.77. The van der Waals surface area contributed by atoms with Crippen LogP contribution in [0.3, 0.4) is 0 Å². The number of alkyl halides is 2. The van der Waals surface area contributed by atoms with Crippen LogP contribution in [0.4, 0.5) is 14.5 Å². The molecule has 1 heterocycles. The van der Waals surface area contributed by atoms with Crippen LogP contribution in [0, 0.1) is 0 Å². The monoisotopic (exact) mass is 295 g/mol. The SMILES string of the molecule is CC(C)c1nn(C)cc1CNc1ccccc1OC(F)F. The Morgan fingerprint density at radius 3 is 2.67 bits per heavy atom. The highest BCUT2D eigenvalue weighted by atomic mass is 19.3. The van der Waals surface area contributed by atoms with Crippen LogP contribution in [0.1, 0.15) is 31.0 Å². The van der Waals surface area contributed by atoms with E-state index in [0.29, 0.717) is 18.2 Å². The third-order valence-corrected chi connectivity index (χ3v) is 3.06. The molecule has 1 N–H and O–H groups in total. The summed E-state index contributed by atoms with van der Waals surface area (Å²) in [6.45, 7) is 1.81. The van der Waals surface area contributed by atoms with Crippen molar-refractivity contribution in [3.8, 4) is 5.75 Å². The van der Waals surface area contributed by atoms with Crippen molar-refractivity contribution in [3.05, 3.63) is 41.7 Å². The predicted octanol–water partition coefficient (Wildman–Crippen LogP) is 3.76. The van der Waals surface area contributed by atoms with Gasteiger partial charge in [0.05, 0.1) is 11.4 Å². The van der Waals surface area contributed by atoms with Crippen LogP contribution >= 0.6 is 0 Å². The Hall–Kier alpha value is -2.11. The number of hydrogen-bond donors (Lipinski definition) is 1. The number of rotatable bonds is 6. The average Bonchev–Trinajstić information content (AvgIpc) is 2.78. The molecule has 1 aromatic heterocycles. The minimum Gasteiger partial charge on any atom is -0.433 e. The molecule has 0 bridgehead atoms. The Morgan fingerprint density at radius 1 is 1.29 bits per heavy atom. The van der Waals surface area contributed by atoms with Gasteiger partial charge in [0.25, 0.3) is 0 Å². The average molecular weight is 295 g/mol. The number of nitrogens with one attached hydrogen (secondary N) is 1. The van der Waals surface area contributed by atoms with Crippen LogP contribution in [0.25, 0.3) is 0 Å². The quantitative estimate of drug-likeness (QED) is 0.882. The molecule has 2 rings (SSSR count). The number of halogens is 2. The van der Waals surface area contributed by atoms with Gasteiger partial charge in [-0.05, 0) is 18.1 Å². The smallest absolute Gasteiger partial charge is 0.387 e. The molecule has 21 heavy (non-hydrogen) atoms. The predicted molar refractivity (Wildman–Crippen MR) is 77.7 cm³/mol. The van der Waals surface area contributed by atoms with E-state index in [9.17, 15) is 8.78 Å². The Kier molecular flexibility index (Phi) is 4.77. The van der Waals surface area contributed by atoms with Crippen LogP contribution in [0.2, 0.25) is 0 Å². The van der Waals surface area contributed by atoms with Crippen LogP contribution in [-0.4, -0.2) is 16.4 Å². The van der Waals surface area contributed by atoms with Crippen LogP contribution in [0.15, 0.2) is 30.5 Å². The van der Waals surface area contributed by atoms with E-state index in [2.05, 4.69) is 29.0 Å². The number of nitrogens with zero attached hydrogens (tertiary/aromatic N) is 2. The van der Waals surface area contributed by atoms with Gasteiger partial charge >= 0.3 is 6.61 Å². The second-order valence-corrected chi connectivity index (χ2v) is 5.10. The molecule has 0 aliphatic rings. The summed E-state index contributed by atoms with van der Waals surface area (Å²) < 4.78 is 31.0. The summed E-state index contributed by atoms with van der Waals surface area (Å²) in [7, 11) is 1.86. The van der Waals surface area contributed by atoms with Gasteiger partial charge in [-0.15, -0.1) is 0 Å². The molecule has 114 valence electrons. The Balaban J connectivity index is 2.13. The number of benzene rings is 1.